The van der Waals surface area contributed by atoms with Crippen LogP contribution < -0.4 is 20.1 Å². The molecule has 7 nitrogen and oxygen atoms in total. The Labute approximate surface area is 182 Å². The van der Waals surface area contributed by atoms with E-state index in [1.807, 2.05) is 0 Å². The summed E-state index contributed by atoms with van der Waals surface area (Å²) in [5, 5.41) is 5.54. The number of anilines is 1. The van der Waals surface area contributed by atoms with Crippen LogP contribution in [0.1, 0.15) is 24.2 Å². The number of carbonyl (C=O) groups is 1. The summed E-state index contributed by atoms with van der Waals surface area (Å²) in [6, 6.07) is 12.8. The molecule has 2 rings (SSSR count). The molecule has 0 atom stereocenters. The molecule has 0 heterocycles. The summed E-state index contributed by atoms with van der Waals surface area (Å²) in [5.74, 6) is 0.739. The highest BCUT2D eigenvalue weighted by molar-refractivity contribution is 7.89. The lowest BCUT2D eigenvalue weighted by molar-refractivity contribution is 0.0977. The minimum absolute atomic E-state index is 0.0977. The van der Waals surface area contributed by atoms with Crippen molar-refractivity contribution < 1.29 is 17.9 Å². The highest BCUT2D eigenvalue weighted by Crippen LogP contribution is 2.15. The first kappa shape index (κ1) is 23.5. The number of sulfonamides is 1. The second-order valence-corrected chi connectivity index (χ2v) is 8.98. The molecule has 0 unspecified atom stereocenters. The number of nitrogens with one attached hydrogen (secondary N) is 3. The molecule has 0 aliphatic heterocycles. The van der Waals surface area contributed by atoms with Crippen molar-refractivity contribution in [2.75, 3.05) is 18.5 Å². The Morgan fingerprint density at radius 3 is 2.33 bits per heavy atom. The van der Waals surface area contributed by atoms with Crippen LogP contribution in [0.15, 0.2) is 66.1 Å². The monoisotopic (exact) mass is 447 g/mol. The lowest BCUT2D eigenvalue weighted by Crippen LogP contribution is -2.34. The van der Waals surface area contributed by atoms with E-state index < -0.39 is 10.0 Å². The molecule has 160 valence electrons. The summed E-state index contributed by atoms with van der Waals surface area (Å²) in [6.45, 7) is 8.33. The van der Waals surface area contributed by atoms with E-state index in [4.69, 9.17) is 17.0 Å². The van der Waals surface area contributed by atoms with E-state index >= 15 is 0 Å². The first-order valence-electron chi connectivity index (χ1n) is 9.27. The van der Waals surface area contributed by atoms with Gasteiger partial charge >= 0.3 is 0 Å². The fourth-order valence-corrected chi connectivity index (χ4v) is 3.48. The summed E-state index contributed by atoms with van der Waals surface area (Å²) in [7, 11) is -3.60. The molecule has 3 N–H and O–H groups in total. The quantitative estimate of drug-likeness (QED) is 0.403. The number of amides is 1. The van der Waals surface area contributed by atoms with Crippen LogP contribution in [-0.2, 0) is 10.0 Å². The molecule has 0 spiro atoms. The van der Waals surface area contributed by atoms with Crippen LogP contribution in [0.2, 0.25) is 0 Å². The second-order valence-electron chi connectivity index (χ2n) is 6.80. The van der Waals surface area contributed by atoms with Gasteiger partial charge in [0.05, 0.1) is 11.5 Å². The van der Waals surface area contributed by atoms with E-state index in [-0.39, 0.29) is 22.5 Å². The van der Waals surface area contributed by atoms with E-state index in [1.54, 1.807) is 36.4 Å². The topological polar surface area (TPSA) is 96.5 Å². The van der Waals surface area contributed by atoms with Gasteiger partial charge in [-0.15, -0.1) is 6.58 Å². The summed E-state index contributed by atoms with van der Waals surface area (Å²) in [5.41, 5.74) is 0.978. The van der Waals surface area contributed by atoms with Gasteiger partial charge in [-0.25, -0.2) is 13.1 Å². The van der Waals surface area contributed by atoms with Gasteiger partial charge in [-0.05, 0) is 66.7 Å². The van der Waals surface area contributed by atoms with E-state index in [0.717, 1.165) is 0 Å². The highest BCUT2D eigenvalue weighted by Gasteiger charge is 2.13. The van der Waals surface area contributed by atoms with Crippen LogP contribution in [0.25, 0.3) is 0 Å². The number of carbonyl (C=O) groups excluding carboxylic acids is 1. The van der Waals surface area contributed by atoms with Crippen LogP contribution in [-0.4, -0.2) is 32.6 Å². The van der Waals surface area contributed by atoms with Gasteiger partial charge in [-0.3, -0.25) is 10.1 Å². The van der Waals surface area contributed by atoms with Crippen molar-refractivity contribution in [1.29, 1.82) is 0 Å². The Morgan fingerprint density at radius 1 is 1.13 bits per heavy atom. The summed E-state index contributed by atoms with van der Waals surface area (Å²) in [4.78, 5) is 12.4. The Bertz CT molecular complexity index is 986. The number of thiocarbonyl (C=S) groups is 1. The van der Waals surface area contributed by atoms with Gasteiger partial charge < -0.3 is 10.1 Å². The average molecular weight is 448 g/mol. The fraction of sp³-hybridized carbons (Fsp3) is 0.238. The van der Waals surface area contributed by atoms with Gasteiger partial charge in [0.2, 0.25) is 10.0 Å². The third kappa shape index (κ3) is 7.25. The van der Waals surface area contributed by atoms with Crippen molar-refractivity contribution >= 4 is 38.9 Å². The number of hydrogen-bond acceptors (Lipinski definition) is 5. The maximum absolute atomic E-state index is 12.3. The van der Waals surface area contributed by atoms with Crippen molar-refractivity contribution in [2.45, 2.75) is 18.7 Å². The van der Waals surface area contributed by atoms with Gasteiger partial charge in [0.1, 0.15) is 5.75 Å². The van der Waals surface area contributed by atoms with Crippen molar-refractivity contribution in [3.05, 3.63) is 66.7 Å². The molecule has 0 aromatic heterocycles. The highest BCUT2D eigenvalue weighted by atomic mass is 32.2. The van der Waals surface area contributed by atoms with Gasteiger partial charge in [-0.2, -0.15) is 0 Å². The van der Waals surface area contributed by atoms with Gasteiger partial charge in [0.25, 0.3) is 5.91 Å². The minimum Gasteiger partial charge on any atom is -0.493 e. The van der Waals surface area contributed by atoms with E-state index in [0.29, 0.717) is 29.5 Å². The van der Waals surface area contributed by atoms with Crippen molar-refractivity contribution in [2.24, 2.45) is 5.92 Å². The Hall–Kier alpha value is -2.75. The smallest absolute Gasteiger partial charge is 0.257 e. The van der Waals surface area contributed by atoms with Crippen LogP contribution in [0.5, 0.6) is 5.75 Å². The van der Waals surface area contributed by atoms with E-state index in [9.17, 15) is 13.2 Å². The van der Waals surface area contributed by atoms with Gasteiger partial charge in [0, 0.05) is 17.8 Å². The molecule has 0 aliphatic rings. The maximum Gasteiger partial charge on any atom is 0.257 e. The van der Waals surface area contributed by atoms with Gasteiger partial charge in [0.15, 0.2) is 5.11 Å². The molecular formula is C21H25N3O4S2. The Morgan fingerprint density at radius 2 is 1.77 bits per heavy atom. The molecule has 2 aromatic rings. The lowest BCUT2D eigenvalue weighted by atomic mass is 10.2. The second kappa shape index (κ2) is 10.9. The SMILES string of the molecule is C=CCNS(=O)(=O)c1ccc(NC(=S)NC(=O)c2ccc(OCC(C)C)cc2)cc1. The largest absolute Gasteiger partial charge is 0.493 e. The number of ether oxygens (including phenoxy) is 1. The molecule has 0 saturated carbocycles. The minimum atomic E-state index is -3.60. The molecular weight excluding hydrogens is 422 g/mol. The zero-order valence-corrected chi connectivity index (χ0v) is 18.5. The normalized spacial score (nSPS) is 11.0. The first-order valence-corrected chi connectivity index (χ1v) is 11.2. The predicted molar refractivity (Wildman–Crippen MR) is 122 cm³/mol. The third-order valence-electron chi connectivity index (χ3n) is 3.77. The zero-order valence-electron chi connectivity index (χ0n) is 16.8. The molecule has 0 aliphatic carbocycles. The number of benzene rings is 2. The molecule has 2 aromatic carbocycles. The van der Waals surface area contributed by atoms with Crippen molar-refractivity contribution in [3.63, 3.8) is 0 Å². The number of rotatable bonds is 9. The van der Waals surface area contributed by atoms with Crippen LogP contribution in [0, 0.1) is 5.92 Å². The standard InChI is InChI=1S/C21H25N3O4S2/c1-4-13-22-30(26,27)19-11-7-17(8-12-19)23-21(29)24-20(25)16-5-9-18(10-6-16)28-14-15(2)3/h4-12,15,22H,1,13-14H2,2-3H3,(H2,23,24,25,29). The average Bonchev–Trinajstić information content (AvgIpc) is 2.71. The molecule has 0 fully saturated rings. The number of hydrogen-bond donors (Lipinski definition) is 3. The Kier molecular flexibility index (Phi) is 8.52. The van der Waals surface area contributed by atoms with Gasteiger partial charge in [-0.1, -0.05) is 19.9 Å². The van der Waals surface area contributed by atoms with Crippen LogP contribution in [0.3, 0.4) is 0 Å². The molecule has 1 amide bonds. The predicted octanol–water partition coefficient (Wildman–Crippen LogP) is 3.31. The summed E-state index contributed by atoms with van der Waals surface area (Å²) < 4.78 is 32.1. The fourth-order valence-electron chi connectivity index (χ4n) is 2.27. The molecule has 0 radical (unpaired) electrons. The summed E-state index contributed by atoms with van der Waals surface area (Å²) >= 11 is 5.16. The van der Waals surface area contributed by atoms with E-state index in [1.165, 1.54) is 18.2 Å². The molecule has 30 heavy (non-hydrogen) atoms. The maximum atomic E-state index is 12.3. The Balaban J connectivity index is 1.92. The van der Waals surface area contributed by atoms with Crippen LogP contribution in [0.4, 0.5) is 5.69 Å². The molecule has 9 heteroatoms. The third-order valence-corrected chi connectivity index (χ3v) is 5.41. The molecule has 0 saturated heterocycles. The zero-order chi connectivity index (χ0) is 22.1. The van der Waals surface area contributed by atoms with E-state index in [2.05, 4.69) is 35.8 Å². The first-order chi connectivity index (χ1) is 14.2. The molecule has 0 bridgehead atoms. The lowest BCUT2D eigenvalue weighted by Gasteiger charge is -2.11. The summed E-state index contributed by atoms with van der Waals surface area (Å²) in [6.07, 6.45) is 1.46. The van der Waals surface area contributed by atoms with Crippen LogP contribution >= 0.6 is 12.2 Å². The van der Waals surface area contributed by atoms with Crippen molar-refractivity contribution in [1.82, 2.24) is 10.0 Å². The van der Waals surface area contributed by atoms with Crippen molar-refractivity contribution in [3.8, 4) is 5.75 Å².